The van der Waals surface area contributed by atoms with E-state index in [1.54, 1.807) is 12.1 Å². The average Bonchev–Trinajstić information content (AvgIpc) is 2.85. The third-order valence-corrected chi connectivity index (χ3v) is 4.12. The van der Waals surface area contributed by atoms with Crippen LogP contribution in [-0.2, 0) is 17.4 Å². The molecule has 0 saturated carbocycles. The Morgan fingerprint density at radius 2 is 1.83 bits per heavy atom. The molecule has 1 saturated heterocycles. The van der Waals surface area contributed by atoms with Crippen molar-refractivity contribution in [3.63, 3.8) is 0 Å². The van der Waals surface area contributed by atoms with Gasteiger partial charge in [0.25, 0.3) is 5.91 Å². The number of rotatable bonds is 3. The summed E-state index contributed by atoms with van der Waals surface area (Å²) in [4.78, 5) is 12.7. The summed E-state index contributed by atoms with van der Waals surface area (Å²) >= 11 is 11.3. The molecule has 0 aromatic heterocycles. The van der Waals surface area contributed by atoms with Crippen LogP contribution in [0.2, 0.25) is 5.02 Å². The van der Waals surface area contributed by atoms with Gasteiger partial charge in [0.1, 0.15) is 0 Å². The molecule has 118 valence electrons. The lowest BCUT2D eigenvalue weighted by Crippen LogP contribution is -2.36. The number of hydrazine groups is 1. The number of anilines is 2. The number of para-hydroxylation sites is 1. The number of benzene rings is 2. The molecule has 3 rings (SSSR count). The summed E-state index contributed by atoms with van der Waals surface area (Å²) in [6.45, 7) is 1.91. The largest absolute Gasteiger partial charge is 0.762 e. The minimum absolute atomic E-state index is 0.143. The van der Waals surface area contributed by atoms with Gasteiger partial charge < -0.3 is 17.9 Å². The van der Waals surface area contributed by atoms with Gasteiger partial charge in [-0.15, -0.1) is 0 Å². The fourth-order valence-corrected chi connectivity index (χ4v) is 2.92. The van der Waals surface area contributed by atoms with Gasteiger partial charge in [0.05, 0.1) is 11.7 Å². The molecule has 1 heterocycles. The Balaban J connectivity index is 1.86. The van der Waals surface area contributed by atoms with Gasteiger partial charge in [-0.05, 0) is 43.3 Å². The normalized spacial score (nSPS) is 19.8. The molecular weight excluding hydrogens is 330 g/mol. The summed E-state index contributed by atoms with van der Waals surface area (Å²) in [6.07, 6.45) is 0. The highest BCUT2D eigenvalue weighted by Crippen LogP contribution is 2.25. The quantitative estimate of drug-likeness (QED) is 0.661. The van der Waals surface area contributed by atoms with E-state index in [9.17, 15) is 4.79 Å². The average molecular weight is 345 g/mol. The first-order valence-corrected chi connectivity index (χ1v) is 7.94. The summed E-state index contributed by atoms with van der Waals surface area (Å²) < 4.78 is 0. The maximum absolute atomic E-state index is 12.7. The molecule has 1 fully saturated rings. The van der Waals surface area contributed by atoms with Crippen LogP contribution in [0.4, 0.5) is 11.4 Å². The van der Waals surface area contributed by atoms with E-state index in [4.69, 9.17) is 24.2 Å². The molecule has 1 unspecified atom stereocenters. The summed E-state index contributed by atoms with van der Waals surface area (Å²) in [6, 6.07) is 16.4. The zero-order chi connectivity index (χ0) is 16.4. The van der Waals surface area contributed by atoms with Crippen molar-refractivity contribution < 1.29 is 4.79 Å². The molecule has 1 aliphatic heterocycles. The Morgan fingerprint density at radius 1 is 1.17 bits per heavy atom. The smallest absolute Gasteiger partial charge is 0.270 e. The number of halogens is 1. The fraction of sp³-hybridized carbons (Fsp3) is 0.118. The van der Waals surface area contributed by atoms with E-state index in [0.717, 1.165) is 11.4 Å². The molecule has 23 heavy (non-hydrogen) atoms. The third-order valence-electron chi connectivity index (χ3n) is 3.55. The van der Waals surface area contributed by atoms with Crippen molar-refractivity contribution in [3.05, 3.63) is 70.2 Å². The zero-order valence-corrected chi connectivity index (χ0v) is 14.0. The summed E-state index contributed by atoms with van der Waals surface area (Å²) in [5.41, 5.74) is 5.27. The molecule has 1 atom stereocenters. The number of hydrogen-bond donors (Lipinski definition) is 2. The molecule has 4 nitrogen and oxygen atoms in total. The van der Waals surface area contributed by atoms with Crippen LogP contribution in [-0.4, -0.2) is 11.9 Å². The van der Waals surface area contributed by atoms with Crippen molar-refractivity contribution in [2.45, 2.75) is 13.0 Å². The lowest BCUT2D eigenvalue weighted by Gasteiger charge is -2.20. The van der Waals surface area contributed by atoms with E-state index in [1.165, 1.54) is 5.01 Å². The molecule has 1 aliphatic rings. The van der Waals surface area contributed by atoms with Gasteiger partial charge in [0.2, 0.25) is 0 Å². The second-order valence-corrected chi connectivity index (χ2v) is 6.05. The maximum atomic E-state index is 12.7. The molecule has 2 N–H and O–H groups in total. The highest BCUT2D eigenvalue weighted by Gasteiger charge is 2.33. The summed E-state index contributed by atoms with van der Waals surface area (Å²) in [5.74, 6) is -0.143. The predicted molar refractivity (Wildman–Crippen MR) is 96.0 cm³/mol. The van der Waals surface area contributed by atoms with Gasteiger partial charge in [0, 0.05) is 16.3 Å². The van der Waals surface area contributed by atoms with Crippen LogP contribution >= 0.6 is 11.6 Å². The zero-order valence-electron chi connectivity index (χ0n) is 12.4. The number of carbonyl (C=O) groups excluding carboxylic acids is 1. The van der Waals surface area contributed by atoms with E-state index in [1.807, 2.05) is 49.4 Å². The van der Waals surface area contributed by atoms with Gasteiger partial charge in [-0.3, -0.25) is 4.79 Å². The van der Waals surface area contributed by atoms with Gasteiger partial charge in [-0.2, -0.15) is 0 Å². The number of carbonyl (C=O) groups is 1. The van der Waals surface area contributed by atoms with E-state index in [-0.39, 0.29) is 11.9 Å². The first kappa shape index (κ1) is 15.8. The second kappa shape index (κ2) is 6.58. The molecule has 0 spiro atoms. The van der Waals surface area contributed by atoms with Crippen molar-refractivity contribution in [3.8, 4) is 0 Å². The second-order valence-electron chi connectivity index (χ2n) is 5.20. The van der Waals surface area contributed by atoms with Crippen LogP contribution in [0.15, 0.2) is 65.2 Å². The van der Waals surface area contributed by atoms with E-state index in [0.29, 0.717) is 15.6 Å². The minimum Gasteiger partial charge on any atom is -0.762 e. The topological polar surface area (TPSA) is 44.4 Å². The monoisotopic (exact) mass is 344 g/mol. The van der Waals surface area contributed by atoms with Gasteiger partial charge in [-0.1, -0.05) is 34.8 Å². The highest BCUT2D eigenvalue weighted by atomic mass is 35.5. The fourth-order valence-electron chi connectivity index (χ4n) is 2.42. The summed E-state index contributed by atoms with van der Waals surface area (Å²) in [7, 11) is 0. The van der Waals surface area contributed by atoms with Gasteiger partial charge >= 0.3 is 0 Å². The van der Waals surface area contributed by atoms with E-state index < -0.39 is 0 Å². The first-order chi connectivity index (χ1) is 11.1. The first-order valence-electron chi connectivity index (χ1n) is 7.15. The van der Waals surface area contributed by atoms with E-state index >= 15 is 0 Å². The van der Waals surface area contributed by atoms with Crippen molar-refractivity contribution in [1.29, 1.82) is 0 Å². The van der Waals surface area contributed by atoms with Gasteiger partial charge in [-0.25, -0.2) is 10.4 Å². The van der Waals surface area contributed by atoms with Crippen molar-refractivity contribution in [2.24, 2.45) is 0 Å². The Kier molecular flexibility index (Phi) is 4.52. The van der Waals surface area contributed by atoms with Crippen molar-refractivity contribution in [1.82, 2.24) is 5.43 Å². The molecule has 6 heteroatoms. The highest BCUT2D eigenvalue weighted by molar-refractivity contribution is 7.63. The Morgan fingerprint density at radius 3 is 2.48 bits per heavy atom. The molecule has 0 aliphatic carbocycles. The minimum atomic E-state index is -0.171. The number of amides is 1. The van der Waals surface area contributed by atoms with E-state index in [2.05, 4.69) is 10.7 Å². The number of nitrogens with zero attached hydrogens (tertiary/aromatic N) is 1. The SMILES string of the molecule is CC1NN(c2ccccc2)C(=O)/C1=C(\[S-])Nc1ccc(Cl)cc1. The van der Waals surface area contributed by atoms with Crippen LogP contribution in [0.5, 0.6) is 0 Å². The lowest BCUT2D eigenvalue weighted by molar-refractivity contribution is -0.114. The predicted octanol–water partition coefficient (Wildman–Crippen LogP) is 3.45. The Bertz CT molecular complexity index is 746. The number of hydrogen-bond acceptors (Lipinski definition) is 4. The molecule has 2 aromatic rings. The van der Waals surface area contributed by atoms with Crippen LogP contribution in [0.3, 0.4) is 0 Å². The van der Waals surface area contributed by atoms with Crippen LogP contribution in [0, 0.1) is 0 Å². The molecule has 0 radical (unpaired) electrons. The van der Waals surface area contributed by atoms with Crippen LogP contribution in [0.1, 0.15) is 6.92 Å². The molecule has 2 aromatic carbocycles. The standard InChI is InChI=1S/C17H16ClN3OS/c1-11-15(16(23)19-13-9-7-12(18)8-10-13)17(22)21(20-11)14-5-3-2-4-6-14/h2-11,19-20,23H,1H3/p-1/b16-15-. The van der Waals surface area contributed by atoms with Gasteiger partial charge in [0.15, 0.2) is 0 Å². The number of nitrogens with one attached hydrogen (secondary N) is 2. The Hall–Kier alpha value is -2.08. The molecular formula is C17H15ClN3OS-. The molecule has 0 bridgehead atoms. The van der Waals surface area contributed by atoms with Crippen molar-refractivity contribution in [2.75, 3.05) is 10.3 Å². The lowest BCUT2D eigenvalue weighted by atomic mass is 10.1. The summed E-state index contributed by atoms with van der Waals surface area (Å²) in [5, 5.41) is 5.68. The van der Waals surface area contributed by atoms with Crippen LogP contribution in [0.25, 0.3) is 0 Å². The maximum Gasteiger partial charge on any atom is 0.270 e. The van der Waals surface area contributed by atoms with Crippen molar-refractivity contribution >= 4 is 41.5 Å². The van der Waals surface area contributed by atoms with Crippen LogP contribution < -0.4 is 15.8 Å². The Labute approximate surface area is 145 Å². The molecule has 1 amide bonds. The third kappa shape index (κ3) is 3.32.